The van der Waals surface area contributed by atoms with E-state index in [2.05, 4.69) is 4.98 Å². The van der Waals surface area contributed by atoms with E-state index in [1.807, 2.05) is 4.90 Å². The number of aromatic carboxylic acids is 1. The minimum atomic E-state index is -1.24. The molecule has 0 amide bonds. The Morgan fingerprint density at radius 1 is 1.38 bits per heavy atom. The highest BCUT2D eigenvalue weighted by Gasteiger charge is 2.43. The first kappa shape index (κ1) is 13.7. The molecule has 3 rings (SSSR count). The molecule has 2 saturated heterocycles. The van der Waals surface area contributed by atoms with Gasteiger partial charge in [-0.2, -0.15) is 0 Å². The molecule has 1 aromatic heterocycles. The summed E-state index contributed by atoms with van der Waals surface area (Å²) in [5, 5.41) is 30.0. The number of pyridine rings is 1. The molecule has 2 N–H and O–H groups in total. The molecular weight excluding hydrogens is 278 g/mol. The lowest BCUT2D eigenvalue weighted by atomic mass is 9.99. The van der Waals surface area contributed by atoms with Gasteiger partial charge in [0.1, 0.15) is 0 Å². The van der Waals surface area contributed by atoms with Crippen LogP contribution in [0.25, 0.3) is 0 Å². The Morgan fingerprint density at radius 3 is 2.52 bits per heavy atom. The number of fused-ring (bicyclic) bond motifs is 2. The van der Waals surface area contributed by atoms with Crippen LogP contribution in [0.1, 0.15) is 36.0 Å². The molecule has 2 aliphatic rings. The second kappa shape index (κ2) is 4.96. The lowest BCUT2D eigenvalue weighted by molar-refractivity contribution is -0.384. The van der Waals surface area contributed by atoms with Crippen molar-refractivity contribution < 1.29 is 19.9 Å². The van der Waals surface area contributed by atoms with Crippen LogP contribution in [-0.2, 0) is 0 Å². The molecular formula is C13H15N3O5. The normalized spacial score (nSPS) is 27.7. The van der Waals surface area contributed by atoms with Crippen LogP contribution in [0.5, 0.6) is 0 Å². The fraction of sp³-hybridized carbons (Fsp3) is 0.538. The lowest BCUT2D eigenvalue weighted by Crippen LogP contribution is -2.45. The van der Waals surface area contributed by atoms with Crippen LogP contribution in [-0.4, -0.2) is 44.3 Å². The molecule has 21 heavy (non-hydrogen) atoms. The summed E-state index contributed by atoms with van der Waals surface area (Å²) < 4.78 is 0. The molecule has 0 spiro atoms. The summed E-state index contributed by atoms with van der Waals surface area (Å²) >= 11 is 0. The molecule has 0 aromatic carbocycles. The number of carboxylic acid groups (broad SMARTS) is 1. The first-order chi connectivity index (χ1) is 9.97. The van der Waals surface area contributed by atoms with Crippen molar-refractivity contribution in [2.75, 3.05) is 4.90 Å². The SMILES string of the molecule is O=C(O)c1cnc(N2C3CCC2CC(O)C3)c([N+](=O)[O-])c1. The summed E-state index contributed by atoms with van der Waals surface area (Å²) in [4.78, 5) is 27.5. The van der Waals surface area contributed by atoms with Gasteiger partial charge in [0.15, 0.2) is 0 Å². The fourth-order valence-corrected chi connectivity index (χ4v) is 3.39. The van der Waals surface area contributed by atoms with Gasteiger partial charge in [0.25, 0.3) is 0 Å². The zero-order valence-corrected chi connectivity index (χ0v) is 11.2. The molecule has 0 saturated carbocycles. The molecule has 2 aliphatic heterocycles. The number of rotatable bonds is 3. The zero-order valence-electron chi connectivity index (χ0n) is 11.2. The molecule has 112 valence electrons. The van der Waals surface area contributed by atoms with Gasteiger partial charge in [-0.3, -0.25) is 10.1 Å². The number of piperidine rings is 1. The maximum Gasteiger partial charge on any atom is 0.337 e. The second-order valence-corrected chi connectivity index (χ2v) is 5.55. The van der Waals surface area contributed by atoms with Crippen molar-refractivity contribution in [3.05, 3.63) is 27.9 Å². The Hall–Kier alpha value is -2.22. The zero-order chi connectivity index (χ0) is 15.1. The highest BCUT2D eigenvalue weighted by atomic mass is 16.6. The summed E-state index contributed by atoms with van der Waals surface area (Å²) in [6, 6.07) is 1.11. The number of hydrogen-bond acceptors (Lipinski definition) is 6. The van der Waals surface area contributed by atoms with Crippen LogP contribution in [0, 0.1) is 10.1 Å². The molecule has 0 radical (unpaired) electrons. The summed E-state index contributed by atoms with van der Waals surface area (Å²) in [6.07, 6.45) is 3.63. The standard InChI is InChI=1S/C13H15N3O5/c17-10-4-8-1-2-9(5-10)15(8)12-11(16(20)21)3-7(6-14-12)13(18)19/h3,6,8-10,17H,1-2,4-5H2,(H,18,19). The third kappa shape index (κ3) is 2.31. The van der Waals surface area contributed by atoms with E-state index in [1.165, 1.54) is 0 Å². The van der Waals surface area contributed by atoms with E-state index in [-0.39, 0.29) is 35.3 Å². The van der Waals surface area contributed by atoms with Crippen molar-refractivity contribution in [1.29, 1.82) is 0 Å². The Bertz CT molecular complexity index is 591. The van der Waals surface area contributed by atoms with Crippen LogP contribution in [0.15, 0.2) is 12.3 Å². The summed E-state index contributed by atoms with van der Waals surface area (Å²) in [6.45, 7) is 0. The van der Waals surface area contributed by atoms with E-state index in [0.717, 1.165) is 25.1 Å². The van der Waals surface area contributed by atoms with Crippen LogP contribution < -0.4 is 4.90 Å². The predicted octanol–water partition coefficient (Wildman–Crippen LogP) is 1.18. The number of carboxylic acids is 1. The molecule has 2 atom stereocenters. The molecule has 8 heteroatoms. The number of anilines is 1. The maximum absolute atomic E-state index is 11.2. The quantitative estimate of drug-likeness (QED) is 0.634. The third-order valence-electron chi connectivity index (χ3n) is 4.24. The van der Waals surface area contributed by atoms with Gasteiger partial charge in [-0.05, 0) is 25.7 Å². The summed E-state index contributed by atoms with van der Waals surface area (Å²) in [5.41, 5.74) is -0.488. The number of nitrogens with zero attached hydrogens (tertiary/aromatic N) is 3. The van der Waals surface area contributed by atoms with Crippen molar-refractivity contribution in [3.63, 3.8) is 0 Å². The van der Waals surface area contributed by atoms with Gasteiger partial charge in [-0.15, -0.1) is 0 Å². The smallest absolute Gasteiger partial charge is 0.337 e. The second-order valence-electron chi connectivity index (χ2n) is 5.55. The van der Waals surface area contributed by atoms with Gasteiger partial charge < -0.3 is 15.1 Å². The highest BCUT2D eigenvalue weighted by Crippen LogP contribution is 2.41. The topological polar surface area (TPSA) is 117 Å². The molecule has 8 nitrogen and oxygen atoms in total. The van der Waals surface area contributed by atoms with Gasteiger partial charge in [-0.25, -0.2) is 9.78 Å². The third-order valence-corrected chi connectivity index (χ3v) is 4.24. The maximum atomic E-state index is 11.2. The van der Waals surface area contributed by atoms with E-state index < -0.39 is 10.9 Å². The van der Waals surface area contributed by atoms with Gasteiger partial charge in [0.2, 0.25) is 5.82 Å². The molecule has 2 bridgehead atoms. The molecule has 1 aromatic rings. The highest BCUT2D eigenvalue weighted by molar-refractivity contribution is 5.88. The molecule has 2 fully saturated rings. The number of nitro groups is 1. The average molecular weight is 293 g/mol. The average Bonchev–Trinajstić information content (AvgIpc) is 2.69. The van der Waals surface area contributed by atoms with E-state index >= 15 is 0 Å². The van der Waals surface area contributed by atoms with Crippen LogP contribution in [0.3, 0.4) is 0 Å². The number of aliphatic hydroxyl groups is 1. The van der Waals surface area contributed by atoms with Crippen molar-refractivity contribution in [2.24, 2.45) is 0 Å². The van der Waals surface area contributed by atoms with E-state index in [0.29, 0.717) is 12.8 Å². The molecule has 2 unspecified atom stereocenters. The van der Waals surface area contributed by atoms with Crippen molar-refractivity contribution in [1.82, 2.24) is 4.98 Å². The van der Waals surface area contributed by atoms with Gasteiger partial charge in [-0.1, -0.05) is 0 Å². The van der Waals surface area contributed by atoms with Gasteiger partial charge in [0.05, 0.1) is 16.6 Å². The molecule has 3 heterocycles. The predicted molar refractivity (Wildman–Crippen MR) is 72.4 cm³/mol. The first-order valence-corrected chi connectivity index (χ1v) is 6.81. The first-order valence-electron chi connectivity index (χ1n) is 6.81. The summed E-state index contributed by atoms with van der Waals surface area (Å²) in [5.74, 6) is -1.03. The van der Waals surface area contributed by atoms with Crippen LogP contribution in [0.2, 0.25) is 0 Å². The van der Waals surface area contributed by atoms with Gasteiger partial charge in [0, 0.05) is 24.3 Å². The van der Waals surface area contributed by atoms with Crippen molar-refractivity contribution >= 4 is 17.5 Å². The minimum absolute atomic E-state index is 0.0284. The van der Waals surface area contributed by atoms with Gasteiger partial charge >= 0.3 is 11.7 Å². The van der Waals surface area contributed by atoms with Crippen LogP contribution >= 0.6 is 0 Å². The van der Waals surface area contributed by atoms with Crippen molar-refractivity contribution in [3.8, 4) is 0 Å². The number of hydrogen-bond donors (Lipinski definition) is 2. The number of aliphatic hydroxyl groups excluding tert-OH is 1. The van der Waals surface area contributed by atoms with E-state index in [9.17, 15) is 20.0 Å². The lowest BCUT2D eigenvalue weighted by Gasteiger charge is -2.37. The Balaban J connectivity index is 2.02. The number of aromatic nitrogens is 1. The van der Waals surface area contributed by atoms with Crippen molar-refractivity contribution in [2.45, 2.75) is 43.9 Å². The molecule has 0 aliphatic carbocycles. The minimum Gasteiger partial charge on any atom is -0.478 e. The summed E-state index contributed by atoms with van der Waals surface area (Å²) in [7, 11) is 0. The van der Waals surface area contributed by atoms with Crippen LogP contribution in [0.4, 0.5) is 11.5 Å². The monoisotopic (exact) mass is 293 g/mol. The Kier molecular flexibility index (Phi) is 3.25. The largest absolute Gasteiger partial charge is 0.478 e. The van der Waals surface area contributed by atoms with E-state index in [1.54, 1.807) is 0 Å². The fourth-order valence-electron chi connectivity index (χ4n) is 3.39. The Labute approximate surface area is 120 Å². The van der Waals surface area contributed by atoms with E-state index in [4.69, 9.17) is 5.11 Å². The number of carbonyl (C=O) groups is 1. The Morgan fingerprint density at radius 2 is 2.00 bits per heavy atom.